The molecule has 0 aromatic heterocycles. The van der Waals surface area contributed by atoms with Crippen LogP contribution in [0, 0.1) is 11.8 Å². The average molecular weight is 273 g/mol. The summed E-state index contributed by atoms with van der Waals surface area (Å²) in [7, 11) is 0. The molecule has 0 spiro atoms. The molecule has 0 bridgehead atoms. The first-order valence-electron chi connectivity index (χ1n) is 8.22. The molecule has 1 aliphatic carbocycles. The molecule has 2 nitrogen and oxygen atoms in total. The van der Waals surface area contributed by atoms with Crippen molar-refractivity contribution in [2.45, 2.75) is 58.8 Å². The summed E-state index contributed by atoms with van der Waals surface area (Å²) in [5.74, 6) is 1.63. The molecule has 3 rings (SSSR count). The first-order chi connectivity index (χ1) is 9.79. The topological polar surface area (TPSA) is 21.3 Å². The van der Waals surface area contributed by atoms with Gasteiger partial charge in [-0.25, -0.2) is 0 Å². The van der Waals surface area contributed by atoms with Crippen molar-refractivity contribution >= 4 is 0 Å². The van der Waals surface area contributed by atoms with Crippen molar-refractivity contribution in [1.82, 2.24) is 5.32 Å². The molecule has 110 valence electrons. The van der Waals surface area contributed by atoms with Crippen LogP contribution in [0.25, 0.3) is 0 Å². The van der Waals surface area contributed by atoms with Crippen molar-refractivity contribution in [3.8, 4) is 0 Å². The Morgan fingerprint density at radius 1 is 1.25 bits per heavy atom. The predicted molar refractivity (Wildman–Crippen MR) is 82.5 cm³/mol. The van der Waals surface area contributed by atoms with Gasteiger partial charge in [-0.3, -0.25) is 0 Å². The lowest BCUT2D eigenvalue weighted by Gasteiger charge is -2.29. The number of benzene rings is 1. The van der Waals surface area contributed by atoms with Crippen LogP contribution < -0.4 is 5.32 Å². The van der Waals surface area contributed by atoms with Crippen LogP contribution in [0.15, 0.2) is 18.2 Å². The Labute approximate surface area is 122 Å². The Morgan fingerprint density at radius 3 is 2.85 bits per heavy atom. The Hall–Kier alpha value is -0.860. The maximum Gasteiger partial charge on any atom is 0.0725 e. The minimum Gasteiger partial charge on any atom is -0.372 e. The number of nitrogens with one attached hydrogen (secondary N) is 1. The number of hydrogen-bond acceptors (Lipinski definition) is 2. The molecule has 1 saturated carbocycles. The summed E-state index contributed by atoms with van der Waals surface area (Å²) in [5, 5.41) is 3.81. The van der Waals surface area contributed by atoms with Crippen LogP contribution in [0.3, 0.4) is 0 Å². The summed E-state index contributed by atoms with van der Waals surface area (Å²) in [5.41, 5.74) is 4.25. The number of rotatable bonds is 5. The SMILES string of the molecule is CCCNC(c1ccc2c(c1)COC2)C1CCCC1C. The summed E-state index contributed by atoms with van der Waals surface area (Å²) in [4.78, 5) is 0. The summed E-state index contributed by atoms with van der Waals surface area (Å²) in [6.07, 6.45) is 5.36. The second-order valence-corrected chi connectivity index (χ2v) is 6.52. The lowest BCUT2D eigenvalue weighted by Crippen LogP contribution is -2.30. The molecule has 0 saturated heterocycles. The Kier molecular flexibility index (Phi) is 4.42. The number of fused-ring (bicyclic) bond motifs is 1. The van der Waals surface area contributed by atoms with Crippen LogP contribution in [0.2, 0.25) is 0 Å². The van der Waals surface area contributed by atoms with Crippen molar-refractivity contribution < 1.29 is 4.74 Å². The van der Waals surface area contributed by atoms with E-state index in [9.17, 15) is 0 Å². The van der Waals surface area contributed by atoms with Crippen LogP contribution in [-0.2, 0) is 18.0 Å². The van der Waals surface area contributed by atoms with Crippen molar-refractivity contribution in [3.05, 3.63) is 34.9 Å². The van der Waals surface area contributed by atoms with Gasteiger partial charge in [0.05, 0.1) is 13.2 Å². The van der Waals surface area contributed by atoms with Crippen molar-refractivity contribution in [2.24, 2.45) is 11.8 Å². The normalized spacial score (nSPS) is 26.7. The van der Waals surface area contributed by atoms with Crippen molar-refractivity contribution in [2.75, 3.05) is 6.54 Å². The smallest absolute Gasteiger partial charge is 0.0725 e. The van der Waals surface area contributed by atoms with Gasteiger partial charge in [0.15, 0.2) is 0 Å². The van der Waals surface area contributed by atoms with Crippen molar-refractivity contribution in [1.29, 1.82) is 0 Å². The Morgan fingerprint density at radius 2 is 2.10 bits per heavy atom. The molecule has 1 aromatic rings. The van der Waals surface area contributed by atoms with E-state index in [1.807, 2.05) is 0 Å². The molecule has 1 fully saturated rings. The first-order valence-corrected chi connectivity index (χ1v) is 8.22. The zero-order valence-corrected chi connectivity index (χ0v) is 12.8. The molecule has 2 aliphatic rings. The van der Waals surface area contributed by atoms with Crippen molar-refractivity contribution in [3.63, 3.8) is 0 Å². The molecule has 2 heteroatoms. The van der Waals surface area contributed by atoms with Gasteiger partial charge in [0.2, 0.25) is 0 Å². The van der Waals surface area contributed by atoms with Crippen LogP contribution >= 0.6 is 0 Å². The van der Waals surface area contributed by atoms with Gasteiger partial charge in [-0.15, -0.1) is 0 Å². The maximum absolute atomic E-state index is 5.56. The Bertz CT molecular complexity index is 457. The van der Waals surface area contributed by atoms with E-state index in [4.69, 9.17) is 4.74 Å². The second-order valence-electron chi connectivity index (χ2n) is 6.52. The standard InChI is InChI=1S/C18H27NO/c1-3-9-19-18(17-6-4-5-13(17)2)14-7-8-15-11-20-12-16(15)10-14/h7-8,10,13,17-19H,3-6,9,11-12H2,1-2H3. The second kappa shape index (κ2) is 6.28. The molecule has 1 N–H and O–H groups in total. The highest BCUT2D eigenvalue weighted by Crippen LogP contribution is 2.40. The van der Waals surface area contributed by atoms with E-state index in [1.54, 1.807) is 0 Å². The zero-order valence-electron chi connectivity index (χ0n) is 12.8. The summed E-state index contributed by atoms with van der Waals surface area (Å²) >= 11 is 0. The van der Waals surface area contributed by atoms with Gasteiger partial charge >= 0.3 is 0 Å². The summed E-state index contributed by atoms with van der Waals surface area (Å²) < 4.78 is 5.56. The fourth-order valence-corrected chi connectivity index (χ4v) is 3.87. The lowest BCUT2D eigenvalue weighted by molar-refractivity contribution is 0.134. The summed E-state index contributed by atoms with van der Waals surface area (Å²) in [6.45, 7) is 7.38. The third-order valence-corrected chi connectivity index (χ3v) is 5.07. The molecule has 3 atom stereocenters. The largest absolute Gasteiger partial charge is 0.372 e. The van der Waals surface area contributed by atoms with Gasteiger partial charge in [0.25, 0.3) is 0 Å². The van der Waals surface area contributed by atoms with Gasteiger partial charge in [-0.2, -0.15) is 0 Å². The quantitative estimate of drug-likeness (QED) is 0.868. The zero-order chi connectivity index (χ0) is 13.9. The molecule has 0 radical (unpaired) electrons. The minimum absolute atomic E-state index is 0.526. The molecule has 0 amide bonds. The highest BCUT2D eigenvalue weighted by Gasteiger charge is 2.31. The van der Waals surface area contributed by atoms with E-state index < -0.39 is 0 Å². The van der Waals surface area contributed by atoms with Crippen LogP contribution in [0.4, 0.5) is 0 Å². The third kappa shape index (κ3) is 2.77. The average Bonchev–Trinajstić information content (AvgIpc) is 3.08. The number of ether oxygens (including phenoxy) is 1. The van der Waals surface area contributed by atoms with E-state index in [2.05, 4.69) is 37.4 Å². The minimum atomic E-state index is 0.526. The van der Waals surface area contributed by atoms with E-state index in [1.165, 1.54) is 42.4 Å². The van der Waals surface area contributed by atoms with Gasteiger partial charge < -0.3 is 10.1 Å². The van der Waals surface area contributed by atoms with Gasteiger partial charge in [0.1, 0.15) is 0 Å². The highest BCUT2D eigenvalue weighted by molar-refractivity contribution is 5.35. The molecule has 3 unspecified atom stereocenters. The van der Waals surface area contributed by atoms with Gasteiger partial charge in [-0.05, 0) is 47.9 Å². The summed E-state index contributed by atoms with van der Waals surface area (Å²) in [6, 6.07) is 7.52. The molecular formula is C18H27NO. The highest BCUT2D eigenvalue weighted by atomic mass is 16.5. The maximum atomic E-state index is 5.56. The van der Waals surface area contributed by atoms with Crippen LogP contribution in [0.1, 0.15) is 62.3 Å². The monoisotopic (exact) mass is 273 g/mol. The third-order valence-electron chi connectivity index (χ3n) is 5.07. The first kappa shape index (κ1) is 14.1. The predicted octanol–water partition coefficient (Wildman–Crippen LogP) is 4.19. The van der Waals surface area contributed by atoms with E-state index in [0.717, 1.165) is 31.6 Å². The fraction of sp³-hybridized carbons (Fsp3) is 0.667. The van der Waals surface area contributed by atoms with Gasteiger partial charge in [0, 0.05) is 6.04 Å². The van der Waals surface area contributed by atoms with Crippen LogP contribution in [-0.4, -0.2) is 6.54 Å². The fourth-order valence-electron chi connectivity index (χ4n) is 3.87. The molecule has 1 heterocycles. The lowest BCUT2D eigenvalue weighted by atomic mass is 9.85. The van der Waals surface area contributed by atoms with E-state index >= 15 is 0 Å². The van der Waals surface area contributed by atoms with E-state index in [-0.39, 0.29) is 0 Å². The van der Waals surface area contributed by atoms with Crippen LogP contribution in [0.5, 0.6) is 0 Å². The molecule has 20 heavy (non-hydrogen) atoms. The Balaban J connectivity index is 1.84. The van der Waals surface area contributed by atoms with E-state index in [0.29, 0.717) is 6.04 Å². The molecular weight excluding hydrogens is 246 g/mol. The molecule has 1 aliphatic heterocycles. The number of hydrogen-bond donors (Lipinski definition) is 1. The van der Waals surface area contributed by atoms with Gasteiger partial charge in [-0.1, -0.05) is 44.9 Å². The molecule has 1 aromatic carbocycles.